The number of pyridine rings is 1. The minimum atomic E-state index is -0.838. The molecule has 0 amide bonds. The standard InChI is InChI=1S/C19H18F2N2O4/c1-22-11-7-13(20)19(14(21)8-11)27-16-3-4-23-15-10-17(25-2)18(9-12(15)16)26-6-5-24/h3-4,7-10,22,24H,5-6H2,1-2H3. The molecule has 27 heavy (non-hydrogen) atoms. The maximum atomic E-state index is 14.3. The van der Waals surface area contributed by atoms with Crippen molar-refractivity contribution in [2.75, 3.05) is 32.7 Å². The summed E-state index contributed by atoms with van der Waals surface area (Å²) in [5.41, 5.74) is 0.787. The van der Waals surface area contributed by atoms with E-state index in [-0.39, 0.29) is 19.0 Å². The minimum Gasteiger partial charge on any atom is -0.493 e. The van der Waals surface area contributed by atoms with Crippen LogP contribution in [0.1, 0.15) is 0 Å². The molecular weight excluding hydrogens is 358 g/mol. The highest BCUT2D eigenvalue weighted by molar-refractivity contribution is 5.88. The van der Waals surface area contributed by atoms with Crippen molar-refractivity contribution < 1.29 is 28.1 Å². The lowest BCUT2D eigenvalue weighted by Gasteiger charge is -2.14. The fraction of sp³-hybridized carbons (Fsp3) is 0.211. The Kier molecular flexibility index (Phi) is 5.56. The first-order chi connectivity index (χ1) is 13.1. The third-order valence-corrected chi connectivity index (χ3v) is 3.83. The first-order valence-corrected chi connectivity index (χ1v) is 8.12. The Morgan fingerprint density at radius 3 is 2.44 bits per heavy atom. The predicted octanol–water partition coefficient (Wildman–Crippen LogP) is 3.73. The van der Waals surface area contributed by atoms with Crippen LogP contribution in [-0.2, 0) is 0 Å². The van der Waals surface area contributed by atoms with Crippen LogP contribution >= 0.6 is 0 Å². The van der Waals surface area contributed by atoms with Gasteiger partial charge in [-0.05, 0) is 12.1 Å². The molecule has 6 nitrogen and oxygen atoms in total. The Labute approximate surface area is 154 Å². The molecule has 0 fully saturated rings. The van der Waals surface area contributed by atoms with Crippen LogP contribution in [0.4, 0.5) is 14.5 Å². The second kappa shape index (κ2) is 8.05. The molecule has 0 aliphatic heterocycles. The van der Waals surface area contributed by atoms with E-state index in [0.29, 0.717) is 28.1 Å². The van der Waals surface area contributed by atoms with Gasteiger partial charge in [-0.25, -0.2) is 8.78 Å². The minimum absolute atomic E-state index is 0.0626. The number of aromatic nitrogens is 1. The molecule has 0 spiro atoms. The summed E-state index contributed by atoms with van der Waals surface area (Å²) < 4.78 is 44.7. The maximum Gasteiger partial charge on any atom is 0.198 e. The van der Waals surface area contributed by atoms with Gasteiger partial charge in [-0.15, -0.1) is 0 Å². The molecule has 0 saturated heterocycles. The van der Waals surface area contributed by atoms with Crippen LogP contribution < -0.4 is 19.5 Å². The number of fused-ring (bicyclic) bond motifs is 1. The van der Waals surface area contributed by atoms with Crippen LogP contribution in [0.2, 0.25) is 0 Å². The molecule has 0 saturated carbocycles. The molecule has 0 aliphatic carbocycles. The fourth-order valence-electron chi connectivity index (χ4n) is 2.56. The Morgan fingerprint density at radius 2 is 1.81 bits per heavy atom. The smallest absolute Gasteiger partial charge is 0.198 e. The van der Waals surface area contributed by atoms with Gasteiger partial charge < -0.3 is 24.6 Å². The second-order valence-electron chi connectivity index (χ2n) is 5.52. The molecule has 0 unspecified atom stereocenters. The van der Waals surface area contributed by atoms with Gasteiger partial charge in [0, 0.05) is 42.5 Å². The van der Waals surface area contributed by atoms with Crippen LogP contribution in [0.3, 0.4) is 0 Å². The van der Waals surface area contributed by atoms with Gasteiger partial charge >= 0.3 is 0 Å². The van der Waals surface area contributed by atoms with Gasteiger partial charge in [0.1, 0.15) is 12.4 Å². The molecule has 2 N–H and O–H groups in total. The van der Waals surface area contributed by atoms with Crippen molar-refractivity contribution in [2.45, 2.75) is 0 Å². The second-order valence-corrected chi connectivity index (χ2v) is 5.52. The van der Waals surface area contributed by atoms with E-state index in [4.69, 9.17) is 19.3 Å². The van der Waals surface area contributed by atoms with Crippen LogP contribution in [0.25, 0.3) is 10.9 Å². The van der Waals surface area contributed by atoms with E-state index in [1.807, 2.05) is 0 Å². The summed E-state index contributed by atoms with van der Waals surface area (Å²) in [6.07, 6.45) is 1.46. The van der Waals surface area contributed by atoms with Crippen LogP contribution in [0.15, 0.2) is 36.5 Å². The lowest BCUT2D eigenvalue weighted by molar-refractivity contribution is 0.196. The van der Waals surface area contributed by atoms with E-state index < -0.39 is 17.4 Å². The largest absolute Gasteiger partial charge is 0.493 e. The topological polar surface area (TPSA) is 72.8 Å². The number of benzene rings is 2. The van der Waals surface area contributed by atoms with Crippen molar-refractivity contribution in [2.24, 2.45) is 0 Å². The summed E-state index contributed by atoms with van der Waals surface area (Å²) in [6.45, 7) is -0.112. The van der Waals surface area contributed by atoms with E-state index in [9.17, 15) is 8.78 Å². The molecule has 3 aromatic rings. The molecule has 142 valence electrons. The van der Waals surface area contributed by atoms with E-state index >= 15 is 0 Å². The summed E-state index contributed by atoms with van der Waals surface area (Å²) in [5.74, 6) is -1.23. The summed E-state index contributed by atoms with van der Waals surface area (Å²) >= 11 is 0. The van der Waals surface area contributed by atoms with Gasteiger partial charge in [0.15, 0.2) is 28.9 Å². The molecule has 3 rings (SSSR count). The number of aliphatic hydroxyl groups excluding tert-OH is 1. The zero-order chi connectivity index (χ0) is 19.4. The zero-order valence-corrected chi connectivity index (χ0v) is 14.8. The summed E-state index contributed by atoms with van der Waals surface area (Å²) in [7, 11) is 3.04. The normalized spacial score (nSPS) is 10.7. The Balaban J connectivity index is 2.07. The number of nitrogens with zero attached hydrogens (tertiary/aromatic N) is 1. The van der Waals surface area contributed by atoms with Crippen LogP contribution in [0.5, 0.6) is 23.0 Å². The Bertz CT molecular complexity index is 943. The fourth-order valence-corrected chi connectivity index (χ4v) is 2.56. The number of anilines is 1. The van der Waals surface area contributed by atoms with E-state index in [0.717, 1.165) is 12.1 Å². The zero-order valence-electron chi connectivity index (χ0n) is 14.8. The molecule has 8 heteroatoms. The van der Waals surface area contributed by atoms with Gasteiger partial charge in [-0.2, -0.15) is 0 Å². The quantitative estimate of drug-likeness (QED) is 0.655. The lowest BCUT2D eigenvalue weighted by Crippen LogP contribution is -2.03. The average molecular weight is 376 g/mol. The van der Waals surface area contributed by atoms with Crippen LogP contribution in [0, 0.1) is 11.6 Å². The van der Waals surface area contributed by atoms with Gasteiger partial charge in [0.25, 0.3) is 0 Å². The summed E-state index contributed by atoms with van der Waals surface area (Å²) in [4.78, 5) is 4.22. The third-order valence-electron chi connectivity index (χ3n) is 3.83. The van der Waals surface area contributed by atoms with Gasteiger partial charge in [0.05, 0.1) is 19.2 Å². The SMILES string of the molecule is CNc1cc(F)c(Oc2ccnc3cc(OC)c(OCCO)cc23)c(F)c1. The van der Waals surface area contributed by atoms with Crippen LogP contribution in [-0.4, -0.2) is 37.5 Å². The molecule has 0 radical (unpaired) electrons. The van der Waals surface area contributed by atoms with Crippen molar-refractivity contribution in [1.82, 2.24) is 4.98 Å². The Hall–Kier alpha value is -3.13. The molecule has 0 atom stereocenters. The molecule has 1 aromatic heterocycles. The number of nitrogens with one attached hydrogen (secondary N) is 1. The van der Waals surface area contributed by atoms with E-state index in [2.05, 4.69) is 10.3 Å². The molecule has 2 aromatic carbocycles. The number of ether oxygens (including phenoxy) is 3. The highest BCUT2D eigenvalue weighted by Gasteiger charge is 2.17. The third kappa shape index (κ3) is 3.85. The van der Waals surface area contributed by atoms with E-state index in [1.165, 1.54) is 19.4 Å². The van der Waals surface area contributed by atoms with Crippen molar-refractivity contribution in [3.63, 3.8) is 0 Å². The van der Waals surface area contributed by atoms with E-state index in [1.54, 1.807) is 19.2 Å². The summed E-state index contributed by atoms with van der Waals surface area (Å²) in [6, 6.07) is 6.98. The first kappa shape index (κ1) is 18.7. The first-order valence-electron chi connectivity index (χ1n) is 8.12. The average Bonchev–Trinajstić information content (AvgIpc) is 2.68. The molecule has 0 bridgehead atoms. The van der Waals surface area contributed by atoms with Gasteiger partial charge in [0.2, 0.25) is 0 Å². The predicted molar refractivity (Wildman–Crippen MR) is 96.9 cm³/mol. The number of hydrogen-bond acceptors (Lipinski definition) is 6. The lowest BCUT2D eigenvalue weighted by atomic mass is 10.1. The number of hydrogen-bond donors (Lipinski definition) is 2. The van der Waals surface area contributed by atoms with Crippen molar-refractivity contribution in [3.8, 4) is 23.0 Å². The van der Waals surface area contributed by atoms with Gasteiger partial charge in [-0.1, -0.05) is 0 Å². The number of aliphatic hydroxyl groups is 1. The number of halogens is 2. The highest BCUT2D eigenvalue weighted by Crippen LogP contribution is 2.38. The van der Waals surface area contributed by atoms with Crippen molar-refractivity contribution in [1.29, 1.82) is 0 Å². The number of rotatable bonds is 7. The van der Waals surface area contributed by atoms with Crippen molar-refractivity contribution in [3.05, 3.63) is 48.2 Å². The highest BCUT2D eigenvalue weighted by atomic mass is 19.1. The molecule has 0 aliphatic rings. The molecule has 1 heterocycles. The van der Waals surface area contributed by atoms with Gasteiger partial charge in [-0.3, -0.25) is 4.98 Å². The Morgan fingerprint density at radius 1 is 1.07 bits per heavy atom. The maximum absolute atomic E-state index is 14.3. The van der Waals surface area contributed by atoms with Crippen molar-refractivity contribution >= 4 is 16.6 Å². The molecular formula is C19H18F2N2O4. The number of methoxy groups -OCH3 is 1. The monoisotopic (exact) mass is 376 g/mol. The summed E-state index contributed by atoms with van der Waals surface area (Å²) in [5, 5.41) is 12.1.